The molecule has 0 aromatic heterocycles. The predicted octanol–water partition coefficient (Wildman–Crippen LogP) is 3.48. The van der Waals surface area contributed by atoms with E-state index in [1.54, 1.807) is 0 Å². The van der Waals surface area contributed by atoms with Crippen LogP contribution in [-0.4, -0.2) is 0 Å². The molecule has 1 aliphatic rings. The molecule has 0 saturated heterocycles. The lowest BCUT2D eigenvalue weighted by molar-refractivity contribution is 0.578. The van der Waals surface area contributed by atoms with Crippen LogP contribution in [0.1, 0.15) is 31.2 Å². The van der Waals surface area contributed by atoms with Gasteiger partial charge in [-0.3, -0.25) is 0 Å². The Morgan fingerprint density at radius 2 is 1.85 bits per heavy atom. The van der Waals surface area contributed by atoms with Gasteiger partial charge in [0, 0.05) is 6.07 Å². The van der Waals surface area contributed by atoms with E-state index >= 15 is 0 Å². The van der Waals surface area contributed by atoms with Gasteiger partial charge in [-0.05, 0) is 36.0 Å². The number of hydrogen-bond acceptors (Lipinski definition) is 0. The Balaban J connectivity index is 2.22. The minimum atomic E-state index is -0.461. The average molecular weight is 182 g/mol. The lowest BCUT2D eigenvalue weighted by Gasteiger charge is -1.99. The van der Waals surface area contributed by atoms with Crippen LogP contribution in [0.4, 0.5) is 8.78 Å². The molecule has 1 fully saturated rings. The Bertz CT molecular complexity index is 300. The van der Waals surface area contributed by atoms with E-state index in [9.17, 15) is 8.78 Å². The van der Waals surface area contributed by atoms with Gasteiger partial charge in [0.25, 0.3) is 0 Å². The van der Waals surface area contributed by atoms with Crippen LogP contribution < -0.4 is 0 Å². The molecule has 2 atom stereocenters. The standard InChI is InChI=1S/C11H12F2/c1-2-7-5-11(7)8-3-9(12)6-10(13)4-8/h3-4,6-7,11H,2,5H2,1H3/t7-,11-/m0/s1. The second-order valence-corrected chi connectivity index (χ2v) is 3.71. The summed E-state index contributed by atoms with van der Waals surface area (Å²) in [5.41, 5.74) is 0.823. The van der Waals surface area contributed by atoms with Crippen LogP contribution in [0.2, 0.25) is 0 Å². The minimum absolute atomic E-state index is 0.398. The smallest absolute Gasteiger partial charge is 0.126 e. The molecule has 0 nitrogen and oxygen atoms in total. The molecule has 0 aliphatic heterocycles. The monoisotopic (exact) mass is 182 g/mol. The molecule has 1 saturated carbocycles. The molecule has 0 unspecified atom stereocenters. The normalized spacial score (nSPS) is 26.1. The molecular formula is C11H12F2. The highest BCUT2D eigenvalue weighted by molar-refractivity contribution is 5.27. The summed E-state index contributed by atoms with van der Waals surface area (Å²) in [6.07, 6.45) is 2.18. The summed E-state index contributed by atoms with van der Waals surface area (Å²) in [6.45, 7) is 2.11. The zero-order valence-electron chi connectivity index (χ0n) is 7.56. The zero-order valence-corrected chi connectivity index (χ0v) is 7.56. The van der Waals surface area contributed by atoms with Crippen LogP contribution in [0.25, 0.3) is 0 Å². The first kappa shape index (κ1) is 8.67. The van der Waals surface area contributed by atoms with Gasteiger partial charge in [0.05, 0.1) is 0 Å². The second-order valence-electron chi connectivity index (χ2n) is 3.71. The van der Waals surface area contributed by atoms with Crippen LogP contribution in [0.5, 0.6) is 0 Å². The summed E-state index contributed by atoms with van der Waals surface area (Å²) < 4.78 is 25.6. The maximum atomic E-state index is 12.8. The fraction of sp³-hybridized carbons (Fsp3) is 0.455. The molecule has 0 amide bonds. The lowest BCUT2D eigenvalue weighted by Crippen LogP contribution is -1.87. The van der Waals surface area contributed by atoms with Crippen molar-refractivity contribution >= 4 is 0 Å². The van der Waals surface area contributed by atoms with Crippen molar-refractivity contribution in [3.8, 4) is 0 Å². The molecule has 0 heterocycles. The van der Waals surface area contributed by atoms with Crippen molar-refractivity contribution in [2.24, 2.45) is 5.92 Å². The summed E-state index contributed by atoms with van der Waals surface area (Å²) in [5.74, 6) is 0.116. The number of rotatable bonds is 2. The molecular weight excluding hydrogens is 170 g/mol. The van der Waals surface area contributed by atoms with Crippen molar-refractivity contribution in [1.29, 1.82) is 0 Å². The van der Waals surface area contributed by atoms with Crippen molar-refractivity contribution in [3.05, 3.63) is 35.4 Å². The van der Waals surface area contributed by atoms with Gasteiger partial charge in [-0.1, -0.05) is 13.3 Å². The van der Waals surface area contributed by atoms with Crippen molar-refractivity contribution < 1.29 is 8.78 Å². The first-order chi connectivity index (χ1) is 6.20. The summed E-state index contributed by atoms with van der Waals surface area (Å²) in [6, 6.07) is 3.82. The van der Waals surface area contributed by atoms with E-state index < -0.39 is 11.6 Å². The SMILES string of the molecule is CC[C@H]1C[C@@H]1c1cc(F)cc(F)c1. The quantitative estimate of drug-likeness (QED) is 0.656. The van der Waals surface area contributed by atoms with Crippen LogP contribution in [0, 0.1) is 17.6 Å². The summed E-state index contributed by atoms with van der Waals surface area (Å²) in [5, 5.41) is 0. The van der Waals surface area contributed by atoms with Crippen LogP contribution in [0.15, 0.2) is 18.2 Å². The molecule has 2 rings (SSSR count). The van der Waals surface area contributed by atoms with Crippen LogP contribution in [0.3, 0.4) is 0 Å². The van der Waals surface area contributed by atoms with E-state index in [2.05, 4.69) is 6.92 Å². The summed E-state index contributed by atoms with van der Waals surface area (Å²) in [4.78, 5) is 0. The second kappa shape index (κ2) is 3.09. The van der Waals surface area contributed by atoms with Crippen LogP contribution in [-0.2, 0) is 0 Å². The zero-order chi connectivity index (χ0) is 9.42. The maximum Gasteiger partial charge on any atom is 0.126 e. The maximum absolute atomic E-state index is 12.8. The molecule has 1 aliphatic carbocycles. The molecule has 0 bridgehead atoms. The van der Waals surface area contributed by atoms with Gasteiger partial charge in [0.15, 0.2) is 0 Å². The third-order valence-electron chi connectivity index (χ3n) is 2.76. The van der Waals surface area contributed by atoms with Crippen LogP contribution >= 0.6 is 0 Å². The first-order valence-corrected chi connectivity index (χ1v) is 4.66. The van der Waals surface area contributed by atoms with Gasteiger partial charge in [-0.2, -0.15) is 0 Å². The van der Waals surface area contributed by atoms with Gasteiger partial charge in [-0.15, -0.1) is 0 Å². The molecule has 13 heavy (non-hydrogen) atoms. The van der Waals surface area contributed by atoms with Gasteiger partial charge in [-0.25, -0.2) is 8.78 Å². The van der Waals surface area contributed by atoms with E-state index in [4.69, 9.17) is 0 Å². The molecule has 2 heteroatoms. The van der Waals surface area contributed by atoms with Crippen molar-refractivity contribution in [3.63, 3.8) is 0 Å². The molecule has 0 N–H and O–H groups in total. The predicted molar refractivity (Wildman–Crippen MR) is 47.5 cm³/mol. The Morgan fingerprint density at radius 3 is 2.31 bits per heavy atom. The fourth-order valence-electron chi connectivity index (χ4n) is 1.90. The Morgan fingerprint density at radius 1 is 1.23 bits per heavy atom. The van der Waals surface area contributed by atoms with Gasteiger partial charge in [0.1, 0.15) is 11.6 Å². The van der Waals surface area contributed by atoms with Crippen molar-refractivity contribution in [1.82, 2.24) is 0 Å². The molecule has 1 aromatic rings. The lowest BCUT2D eigenvalue weighted by atomic mass is 10.1. The Labute approximate surface area is 76.6 Å². The van der Waals surface area contributed by atoms with Crippen molar-refractivity contribution in [2.75, 3.05) is 0 Å². The van der Waals surface area contributed by atoms with E-state index in [0.717, 1.165) is 24.5 Å². The minimum Gasteiger partial charge on any atom is -0.207 e. The van der Waals surface area contributed by atoms with Gasteiger partial charge >= 0.3 is 0 Å². The summed E-state index contributed by atoms with van der Waals surface area (Å²) >= 11 is 0. The third-order valence-corrected chi connectivity index (χ3v) is 2.76. The topological polar surface area (TPSA) is 0 Å². The molecule has 70 valence electrons. The average Bonchev–Trinajstić information content (AvgIpc) is 2.80. The largest absolute Gasteiger partial charge is 0.207 e. The number of halogens is 2. The highest BCUT2D eigenvalue weighted by Gasteiger charge is 2.36. The van der Waals surface area contributed by atoms with E-state index in [1.807, 2.05) is 0 Å². The summed E-state index contributed by atoms with van der Waals surface area (Å²) in [7, 11) is 0. The van der Waals surface area contributed by atoms with E-state index in [0.29, 0.717) is 11.8 Å². The Hall–Kier alpha value is -0.920. The molecule has 1 aromatic carbocycles. The highest BCUT2D eigenvalue weighted by atomic mass is 19.1. The molecule has 0 radical (unpaired) electrons. The van der Waals surface area contributed by atoms with E-state index in [1.165, 1.54) is 12.1 Å². The fourth-order valence-corrected chi connectivity index (χ4v) is 1.90. The van der Waals surface area contributed by atoms with Gasteiger partial charge < -0.3 is 0 Å². The highest BCUT2D eigenvalue weighted by Crippen LogP contribution is 2.49. The number of hydrogen-bond donors (Lipinski definition) is 0. The number of benzene rings is 1. The first-order valence-electron chi connectivity index (χ1n) is 4.66. The van der Waals surface area contributed by atoms with E-state index in [-0.39, 0.29) is 0 Å². The van der Waals surface area contributed by atoms with Crippen molar-refractivity contribution in [2.45, 2.75) is 25.7 Å². The Kier molecular flexibility index (Phi) is 2.06. The van der Waals surface area contributed by atoms with Gasteiger partial charge in [0.2, 0.25) is 0 Å². The molecule has 0 spiro atoms. The third kappa shape index (κ3) is 1.71.